The zero-order valence-electron chi connectivity index (χ0n) is 11.0. The fourth-order valence-corrected chi connectivity index (χ4v) is 2.51. The fraction of sp³-hybridized carbons (Fsp3) is 0.286. The van der Waals surface area contributed by atoms with E-state index in [0.29, 0.717) is 12.4 Å². The summed E-state index contributed by atoms with van der Waals surface area (Å²) in [7, 11) is 0. The average molecular weight is 256 g/mol. The van der Waals surface area contributed by atoms with E-state index in [1.54, 1.807) is 4.68 Å². The molecule has 1 aromatic carbocycles. The van der Waals surface area contributed by atoms with E-state index in [1.165, 1.54) is 5.56 Å². The first-order valence-corrected chi connectivity index (χ1v) is 6.25. The molecule has 3 aromatic rings. The molecule has 0 amide bonds. The SMILES string of the molecule is Cc1cc(C)c2nc3c(cc2c1)c(N)nn3CCO. The second-order valence-corrected chi connectivity index (χ2v) is 4.85. The highest BCUT2D eigenvalue weighted by atomic mass is 16.3. The molecule has 0 radical (unpaired) electrons. The minimum atomic E-state index is 0.0167. The number of nitrogens with two attached hydrogens (primary N) is 1. The van der Waals surface area contributed by atoms with E-state index in [9.17, 15) is 0 Å². The molecule has 0 spiro atoms. The number of fused-ring (bicyclic) bond motifs is 2. The van der Waals surface area contributed by atoms with Gasteiger partial charge in [-0.1, -0.05) is 11.6 Å². The molecule has 19 heavy (non-hydrogen) atoms. The average Bonchev–Trinajstić information content (AvgIpc) is 2.65. The Morgan fingerprint density at radius 1 is 1.26 bits per heavy atom. The van der Waals surface area contributed by atoms with Crippen molar-refractivity contribution in [3.8, 4) is 0 Å². The molecule has 5 nitrogen and oxygen atoms in total. The number of hydrogen-bond donors (Lipinski definition) is 2. The number of benzene rings is 1. The Balaban J connectivity index is 2.40. The van der Waals surface area contributed by atoms with Crippen LogP contribution in [0.5, 0.6) is 0 Å². The van der Waals surface area contributed by atoms with Crippen LogP contribution in [0.25, 0.3) is 21.9 Å². The van der Waals surface area contributed by atoms with Crippen LogP contribution >= 0.6 is 0 Å². The van der Waals surface area contributed by atoms with Crippen LogP contribution in [-0.2, 0) is 6.54 Å². The van der Waals surface area contributed by atoms with Crippen LogP contribution in [0.15, 0.2) is 18.2 Å². The van der Waals surface area contributed by atoms with E-state index >= 15 is 0 Å². The second kappa shape index (κ2) is 4.20. The van der Waals surface area contributed by atoms with Gasteiger partial charge in [0.2, 0.25) is 0 Å². The van der Waals surface area contributed by atoms with Gasteiger partial charge in [0.25, 0.3) is 0 Å². The van der Waals surface area contributed by atoms with Crippen LogP contribution in [0.3, 0.4) is 0 Å². The van der Waals surface area contributed by atoms with Crippen molar-refractivity contribution >= 4 is 27.8 Å². The summed E-state index contributed by atoms with van der Waals surface area (Å²) < 4.78 is 1.66. The van der Waals surface area contributed by atoms with Gasteiger partial charge in [-0.3, -0.25) is 0 Å². The molecule has 3 N–H and O–H groups in total. The molecule has 0 fully saturated rings. The van der Waals surface area contributed by atoms with Gasteiger partial charge in [0.05, 0.1) is 24.1 Å². The number of aromatic nitrogens is 3. The molecule has 0 atom stereocenters. The highest BCUT2D eigenvalue weighted by molar-refractivity contribution is 5.97. The summed E-state index contributed by atoms with van der Waals surface area (Å²) in [5.41, 5.74) is 9.94. The van der Waals surface area contributed by atoms with E-state index < -0.39 is 0 Å². The van der Waals surface area contributed by atoms with Gasteiger partial charge < -0.3 is 10.8 Å². The number of aliphatic hydroxyl groups excluding tert-OH is 1. The van der Waals surface area contributed by atoms with Crippen molar-refractivity contribution in [3.63, 3.8) is 0 Å². The smallest absolute Gasteiger partial charge is 0.160 e. The predicted octanol–water partition coefficient (Wildman–Crippen LogP) is 1.78. The van der Waals surface area contributed by atoms with Crippen molar-refractivity contribution in [2.75, 3.05) is 12.3 Å². The minimum absolute atomic E-state index is 0.0167. The zero-order valence-corrected chi connectivity index (χ0v) is 11.0. The zero-order chi connectivity index (χ0) is 13.6. The van der Waals surface area contributed by atoms with Gasteiger partial charge in [-0.2, -0.15) is 5.10 Å². The standard InChI is InChI=1S/C14H16N4O/c1-8-5-9(2)12-10(6-8)7-11-13(15)17-18(3-4-19)14(11)16-12/h5-7,19H,3-4H2,1-2H3,(H2,15,17). The third-order valence-electron chi connectivity index (χ3n) is 3.29. The molecule has 2 heterocycles. The number of rotatable bonds is 2. The lowest BCUT2D eigenvalue weighted by atomic mass is 10.1. The first-order valence-electron chi connectivity index (χ1n) is 6.25. The Bertz CT molecular complexity index is 776. The Kier molecular flexibility index (Phi) is 2.64. The van der Waals surface area contributed by atoms with Crippen molar-refractivity contribution in [2.45, 2.75) is 20.4 Å². The van der Waals surface area contributed by atoms with Crippen molar-refractivity contribution in [2.24, 2.45) is 0 Å². The summed E-state index contributed by atoms with van der Waals surface area (Å²) >= 11 is 0. The lowest BCUT2D eigenvalue weighted by Gasteiger charge is -2.05. The summed E-state index contributed by atoms with van der Waals surface area (Å²) in [6, 6.07) is 6.22. The van der Waals surface area contributed by atoms with Crippen LogP contribution in [0, 0.1) is 13.8 Å². The number of hydrogen-bond acceptors (Lipinski definition) is 4. The van der Waals surface area contributed by atoms with E-state index in [4.69, 9.17) is 10.8 Å². The third kappa shape index (κ3) is 1.82. The van der Waals surface area contributed by atoms with Gasteiger partial charge in [0.15, 0.2) is 11.5 Å². The second-order valence-electron chi connectivity index (χ2n) is 4.85. The molecule has 0 bridgehead atoms. The number of aliphatic hydroxyl groups is 1. The number of pyridine rings is 1. The van der Waals surface area contributed by atoms with E-state index in [-0.39, 0.29) is 6.61 Å². The molecule has 0 saturated heterocycles. The van der Waals surface area contributed by atoms with E-state index in [1.807, 2.05) is 13.0 Å². The van der Waals surface area contributed by atoms with Crippen LogP contribution < -0.4 is 5.73 Å². The molecule has 0 saturated carbocycles. The summed E-state index contributed by atoms with van der Waals surface area (Å²) in [5, 5.41) is 15.2. The van der Waals surface area contributed by atoms with Crippen molar-refractivity contribution in [1.29, 1.82) is 0 Å². The van der Waals surface area contributed by atoms with Gasteiger partial charge in [0, 0.05) is 5.39 Å². The van der Waals surface area contributed by atoms with Crippen LogP contribution in [-0.4, -0.2) is 26.5 Å². The molecule has 0 aliphatic carbocycles. The molecular formula is C14H16N4O. The molecule has 2 aromatic heterocycles. The largest absolute Gasteiger partial charge is 0.394 e. The van der Waals surface area contributed by atoms with Crippen molar-refractivity contribution in [3.05, 3.63) is 29.3 Å². The summed E-state index contributed by atoms with van der Waals surface area (Å²) in [4.78, 5) is 4.67. The Morgan fingerprint density at radius 2 is 2.05 bits per heavy atom. The Labute approximate surface area is 110 Å². The maximum absolute atomic E-state index is 9.06. The topological polar surface area (TPSA) is 77.0 Å². The summed E-state index contributed by atoms with van der Waals surface area (Å²) in [6.07, 6.45) is 0. The van der Waals surface area contributed by atoms with Gasteiger partial charge in [-0.25, -0.2) is 9.67 Å². The Morgan fingerprint density at radius 3 is 2.79 bits per heavy atom. The number of aryl methyl sites for hydroxylation is 2. The molecule has 0 aliphatic rings. The fourth-order valence-electron chi connectivity index (χ4n) is 2.51. The first kappa shape index (κ1) is 11.9. The van der Waals surface area contributed by atoms with Gasteiger partial charge >= 0.3 is 0 Å². The molecule has 0 aliphatic heterocycles. The minimum Gasteiger partial charge on any atom is -0.394 e. The maximum atomic E-state index is 9.06. The van der Waals surface area contributed by atoms with Gasteiger partial charge in [-0.15, -0.1) is 0 Å². The predicted molar refractivity (Wildman–Crippen MR) is 76.0 cm³/mol. The number of anilines is 1. The maximum Gasteiger partial charge on any atom is 0.160 e. The summed E-state index contributed by atoms with van der Waals surface area (Å²) in [6.45, 7) is 4.53. The van der Waals surface area contributed by atoms with Gasteiger partial charge in [0.1, 0.15) is 0 Å². The molecule has 5 heteroatoms. The number of nitrogens with zero attached hydrogens (tertiary/aromatic N) is 3. The highest BCUT2D eigenvalue weighted by Crippen LogP contribution is 2.26. The quantitative estimate of drug-likeness (QED) is 0.732. The van der Waals surface area contributed by atoms with Crippen LogP contribution in [0.4, 0.5) is 5.82 Å². The van der Waals surface area contributed by atoms with Crippen molar-refractivity contribution < 1.29 is 5.11 Å². The van der Waals surface area contributed by atoms with Crippen LogP contribution in [0.2, 0.25) is 0 Å². The molecule has 0 unspecified atom stereocenters. The van der Waals surface area contributed by atoms with E-state index in [2.05, 4.69) is 29.1 Å². The Hall–Kier alpha value is -2.14. The lowest BCUT2D eigenvalue weighted by molar-refractivity contribution is 0.271. The lowest BCUT2D eigenvalue weighted by Crippen LogP contribution is -2.05. The molecule has 98 valence electrons. The molecule has 3 rings (SSSR count). The normalized spacial score (nSPS) is 11.5. The summed E-state index contributed by atoms with van der Waals surface area (Å²) in [5.74, 6) is 0.456. The van der Waals surface area contributed by atoms with Crippen molar-refractivity contribution in [1.82, 2.24) is 14.8 Å². The monoisotopic (exact) mass is 256 g/mol. The molecular weight excluding hydrogens is 240 g/mol. The highest BCUT2D eigenvalue weighted by Gasteiger charge is 2.12. The third-order valence-corrected chi connectivity index (χ3v) is 3.29. The number of nitrogen functional groups attached to an aromatic ring is 1. The first-order chi connectivity index (χ1) is 9.10. The van der Waals surface area contributed by atoms with Crippen LogP contribution in [0.1, 0.15) is 11.1 Å². The van der Waals surface area contributed by atoms with Gasteiger partial charge in [-0.05, 0) is 31.5 Å². The van der Waals surface area contributed by atoms with E-state index in [0.717, 1.165) is 27.5 Å².